The van der Waals surface area contributed by atoms with Crippen LogP contribution in [0.2, 0.25) is 0 Å². The normalized spacial score (nSPS) is 12.5. The van der Waals surface area contributed by atoms with E-state index in [2.05, 4.69) is 10.6 Å². The lowest BCUT2D eigenvalue weighted by molar-refractivity contribution is -0.118. The number of ether oxygens (including phenoxy) is 2. The number of amides is 2. The van der Waals surface area contributed by atoms with Gasteiger partial charge in [-0.2, -0.15) is 0 Å². The van der Waals surface area contributed by atoms with E-state index in [1.807, 2.05) is 0 Å². The summed E-state index contributed by atoms with van der Waals surface area (Å²) < 4.78 is 9.95. The van der Waals surface area contributed by atoms with Crippen LogP contribution in [0.3, 0.4) is 0 Å². The number of carbonyl (C=O) groups excluding carboxylic acids is 3. The number of benzene rings is 2. The van der Waals surface area contributed by atoms with Gasteiger partial charge in [-0.15, -0.1) is 0 Å². The molecule has 2 amide bonds. The monoisotopic (exact) mass is 326 g/mol. The van der Waals surface area contributed by atoms with Gasteiger partial charge in [-0.3, -0.25) is 9.59 Å². The standard InChI is InChI=1S/C17H14N2O5/c1-23-17(22)11-4-2-3-5-12(11)19-16(21)10-6-7-14-13(8-10)18-15(20)9-24-14/h2-8H,9H2,1H3,(H,18,20)(H,19,21). The van der Waals surface area contributed by atoms with Gasteiger partial charge in [0.05, 0.1) is 24.0 Å². The molecule has 24 heavy (non-hydrogen) atoms. The Hall–Kier alpha value is -3.35. The molecular weight excluding hydrogens is 312 g/mol. The first-order chi connectivity index (χ1) is 11.6. The van der Waals surface area contributed by atoms with Gasteiger partial charge in [0.15, 0.2) is 6.61 Å². The van der Waals surface area contributed by atoms with Crippen molar-refractivity contribution >= 4 is 29.2 Å². The Balaban J connectivity index is 1.85. The summed E-state index contributed by atoms with van der Waals surface area (Å²) in [5, 5.41) is 5.31. The third-order valence-electron chi connectivity index (χ3n) is 3.46. The highest BCUT2D eigenvalue weighted by molar-refractivity contribution is 6.09. The quantitative estimate of drug-likeness (QED) is 0.842. The van der Waals surface area contributed by atoms with Crippen LogP contribution in [0.1, 0.15) is 20.7 Å². The minimum absolute atomic E-state index is 0.0505. The molecule has 2 N–H and O–H groups in total. The molecule has 0 fully saturated rings. The maximum atomic E-state index is 12.4. The van der Waals surface area contributed by atoms with Gasteiger partial charge in [-0.05, 0) is 30.3 Å². The molecule has 0 aliphatic carbocycles. The maximum Gasteiger partial charge on any atom is 0.339 e. The zero-order valence-electron chi connectivity index (χ0n) is 12.8. The minimum Gasteiger partial charge on any atom is -0.482 e. The first-order valence-corrected chi connectivity index (χ1v) is 7.14. The van der Waals surface area contributed by atoms with E-state index in [0.717, 1.165) is 0 Å². The Labute approximate surface area is 137 Å². The van der Waals surface area contributed by atoms with Crippen LogP contribution in [0.5, 0.6) is 5.75 Å². The molecule has 1 aliphatic heterocycles. The second-order valence-corrected chi connectivity index (χ2v) is 5.04. The lowest BCUT2D eigenvalue weighted by Gasteiger charge is -2.18. The van der Waals surface area contributed by atoms with Crippen molar-refractivity contribution in [3.8, 4) is 5.75 Å². The van der Waals surface area contributed by atoms with E-state index in [0.29, 0.717) is 22.7 Å². The van der Waals surface area contributed by atoms with Crippen LogP contribution in [0.4, 0.5) is 11.4 Å². The Morgan fingerprint density at radius 1 is 1.21 bits per heavy atom. The molecule has 0 spiro atoms. The van der Waals surface area contributed by atoms with E-state index < -0.39 is 11.9 Å². The summed E-state index contributed by atoms with van der Waals surface area (Å²) in [7, 11) is 1.27. The van der Waals surface area contributed by atoms with Crippen molar-refractivity contribution in [3.63, 3.8) is 0 Å². The molecule has 1 heterocycles. The number of anilines is 2. The number of hydrogen-bond donors (Lipinski definition) is 2. The molecule has 122 valence electrons. The molecule has 2 aromatic rings. The molecule has 0 radical (unpaired) electrons. The Morgan fingerprint density at radius 3 is 2.79 bits per heavy atom. The van der Waals surface area contributed by atoms with E-state index >= 15 is 0 Å². The number of hydrogen-bond acceptors (Lipinski definition) is 5. The van der Waals surface area contributed by atoms with E-state index in [1.165, 1.54) is 13.2 Å². The first kappa shape index (κ1) is 15.5. The van der Waals surface area contributed by atoms with Crippen molar-refractivity contribution in [2.75, 3.05) is 24.4 Å². The van der Waals surface area contributed by atoms with Gasteiger partial charge in [0.1, 0.15) is 5.75 Å². The second-order valence-electron chi connectivity index (χ2n) is 5.04. The predicted octanol–water partition coefficient (Wildman–Crippen LogP) is 2.06. The summed E-state index contributed by atoms with van der Waals surface area (Å²) in [5.74, 6) is -0.747. The highest BCUT2D eigenvalue weighted by Crippen LogP contribution is 2.29. The highest BCUT2D eigenvalue weighted by Gasteiger charge is 2.19. The second kappa shape index (κ2) is 6.41. The topological polar surface area (TPSA) is 93.7 Å². The SMILES string of the molecule is COC(=O)c1ccccc1NC(=O)c1ccc2c(c1)NC(=O)CO2. The van der Waals surface area contributed by atoms with Crippen molar-refractivity contribution in [1.82, 2.24) is 0 Å². The Bertz CT molecular complexity index is 831. The van der Waals surface area contributed by atoms with E-state index in [1.54, 1.807) is 36.4 Å². The van der Waals surface area contributed by atoms with Crippen LogP contribution in [-0.4, -0.2) is 31.5 Å². The molecular formula is C17H14N2O5. The summed E-state index contributed by atoms with van der Waals surface area (Å²) in [6, 6.07) is 11.2. The number of methoxy groups -OCH3 is 1. The average Bonchev–Trinajstić information content (AvgIpc) is 2.60. The van der Waals surface area contributed by atoms with Crippen LogP contribution in [0.25, 0.3) is 0 Å². The van der Waals surface area contributed by atoms with Crippen LogP contribution < -0.4 is 15.4 Å². The van der Waals surface area contributed by atoms with E-state index in [9.17, 15) is 14.4 Å². The third kappa shape index (κ3) is 3.05. The van der Waals surface area contributed by atoms with E-state index in [4.69, 9.17) is 9.47 Å². The average molecular weight is 326 g/mol. The predicted molar refractivity (Wildman–Crippen MR) is 86.3 cm³/mol. The molecule has 2 aromatic carbocycles. The molecule has 1 aliphatic rings. The van der Waals surface area contributed by atoms with Crippen LogP contribution in [0.15, 0.2) is 42.5 Å². The molecule has 0 bridgehead atoms. The van der Waals surface area contributed by atoms with Gasteiger partial charge in [-0.25, -0.2) is 4.79 Å². The number of esters is 1. The molecule has 3 rings (SSSR count). The lowest BCUT2D eigenvalue weighted by atomic mass is 10.1. The van der Waals surface area contributed by atoms with E-state index in [-0.39, 0.29) is 18.1 Å². The Morgan fingerprint density at radius 2 is 2.00 bits per heavy atom. The summed E-state index contributed by atoms with van der Waals surface area (Å²) in [6.07, 6.45) is 0. The number of carbonyl (C=O) groups is 3. The summed E-state index contributed by atoms with van der Waals surface area (Å²) in [5.41, 5.74) is 1.34. The fraction of sp³-hybridized carbons (Fsp3) is 0.118. The first-order valence-electron chi connectivity index (χ1n) is 7.14. The lowest BCUT2D eigenvalue weighted by Crippen LogP contribution is -2.25. The Kier molecular flexibility index (Phi) is 4.15. The number of rotatable bonds is 3. The zero-order chi connectivity index (χ0) is 17.1. The minimum atomic E-state index is -0.544. The summed E-state index contributed by atoms with van der Waals surface area (Å²) in [4.78, 5) is 35.5. The van der Waals surface area contributed by atoms with Crippen LogP contribution in [-0.2, 0) is 9.53 Å². The van der Waals surface area contributed by atoms with Gasteiger partial charge in [0, 0.05) is 5.56 Å². The maximum absolute atomic E-state index is 12.4. The number of nitrogens with one attached hydrogen (secondary N) is 2. The molecule has 0 atom stereocenters. The molecule has 0 aromatic heterocycles. The van der Waals surface area contributed by atoms with Crippen LogP contribution >= 0.6 is 0 Å². The van der Waals surface area contributed by atoms with Gasteiger partial charge >= 0.3 is 5.97 Å². The van der Waals surface area contributed by atoms with Crippen molar-refractivity contribution in [2.45, 2.75) is 0 Å². The number of fused-ring (bicyclic) bond motifs is 1. The molecule has 7 nitrogen and oxygen atoms in total. The largest absolute Gasteiger partial charge is 0.482 e. The van der Waals surface area contributed by atoms with Gasteiger partial charge in [0.25, 0.3) is 11.8 Å². The number of para-hydroxylation sites is 1. The summed E-state index contributed by atoms with van der Waals surface area (Å²) in [6.45, 7) is -0.0505. The highest BCUT2D eigenvalue weighted by atomic mass is 16.5. The van der Waals surface area contributed by atoms with Crippen LogP contribution in [0, 0.1) is 0 Å². The fourth-order valence-electron chi connectivity index (χ4n) is 2.30. The van der Waals surface area contributed by atoms with Gasteiger partial charge < -0.3 is 20.1 Å². The van der Waals surface area contributed by atoms with Gasteiger partial charge in [-0.1, -0.05) is 12.1 Å². The van der Waals surface area contributed by atoms with Crippen molar-refractivity contribution in [1.29, 1.82) is 0 Å². The van der Waals surface area contributed by atoms with Crippen molar-refractivity contribution < 1.29 is 23.9 Å². The molecule has 7 heteroatoms. The molecule has 0 unspecified atom stereocenters. The molecule has 0 saturated carbocycles. The third-order valence-corrected chi connectivity index (χ3v) is 3.46. The molecule has 0 saturated heterocycles. The van der Waals surface area contributed by atoms with Crippen molar-refractivity contribution in [2.24, 2.45) is 0 Å². The van der Waals surface area contributed by atoms with Crippen molar-refractivity contribution in [3.05, 3.63) is 53.6 Å². The van der Waals surface area contributed by atoms with Gasteiger partial charge in [0.2, 0.25) is 0 Å². The summed E-state index contributed by atoms with van der Waals surface area (Å²) >= 11 is 0. The zero-order valence-corrected chi connectivity index (χ0v) is 12.8. The smallest absolute Gasteiger partial charge is 0.339 e. The fourth-order valence-corrected chi connectivity index (χ4v) is 2.30.